The number of carboxylic acids is 1. The summed E-state index contributed by atoms with van der Waals surface area (Å²) in [6, 6.07) is -2.69. The molecule has 3 saturated heterocycles. The number of fused-ring (bicyclic) bond motifs is 2. The van der Waals surface area contributed by atoms with Crippen LogP contribution >= 0.6 is 0 Å². The second-order valence-electron chi connectivity index (χ2n) is 16.1. The Hall–Kier alpha value is -3.78. The van der Waals surface area contributed by atoms with E-state index in [-0.39, 0.29) is 42.7 Å². The minimum absolute atomic E-state index is 0.00636. The van der Waals surface area contributed by atoms with Crippen LogP contribution in [0.25, 0.3) is 0 Å². The highest BCUT2D eigenvalue weighted by Gasteiger charge is 2.61. The molecule has 5 heterocycles. The van der Waals surface area contributed by atoms with E-state index in [1.165, 1.54) is 9.58 Å². The minimum atomic E-state index is -1.46. The van der Waals surface area contributed by atoms with Crippen LogP contribution in [0.3, 0.4) is 0 Å². The predicted octanol–water partition coefficient (Wildman–Crippen LogP) is 2.69. The molecule has 1 aromatic rings. The van der Waals surface area contributed by atoms with Crippen molar-refractivity contribution in [1.82, 2.24) is 35.9 Å². The van der Waals surface area contributed by atoms with E-state index in [9.17, 15) is 29.1 Å². The van der Waals surface area contributed by atoms with Gasteiger partial charge in [0.2, 0.25) is 11.8 Å². The van der Waals surface area contributed by atoms with Crippen molar-refractivity contribution in [2.24, 2.45) is 5.92 Å². The molecule has 14 nitrogen and oxygen atoms in total. The van der Waals surface area contributed by atoms with Gasteiger partial charge in [-0.15, -0.1) is 0 Å². The lowest BCUT2D eigenvalue weighted by atomic mass is 9.83. The lowest BCUT2D eigenvalue weighted by molar-refractivity contribution is -0.145. The van der Waals surface area contributed by atoms with E-state index < -0.39 is 53.1 Å². The van der Waals surface area contributed by atoms with E-state index in [1.807, 2.05) is 18.3 Å². The van der Waals surface area contributed by atoms with E-state index in [1.54, 1.807) is 20.8 Å². The number of amides is 3. The summed E-state index contributed by atoms with van der Waals surface area (Å²) in [7, 11) is 0. The highest BCUT2D eigenvalue weighted by Crippen LogP contribution is 2.45. The Balaban J connectivity index is 1.35. The monoisotopic (exact) mass is 709 g/mol. The van der Waals surface area contributed by atoms with Gasteiger partial charge in [-0.1, -0.05) is 25.0 Å². The smallest absolute Gasteiger partial charge is 0.408 e. The molecule has 3 amide bonds. The lowest BCUT2D eigenvalue weighted by Crippen LogP contribution is -2.56. The average Bonchev–Trinajstić information content (AvgIpc) is 3.61. The first-order valence-electron chi connectivity index (χ1n) is 18.9. The van der Waals surface area contributed by atoms with Gasteiger partial charge in [-0.3, -0.25) is 14.4 Å². The molecule has 14 heteroatoms. The molecule has 2 unspecified atom stereocenters. The number of ether oxygens (including phenoxy) is 1. The molecule has 1 aromatic heterocycles. The summed E-state index contributed by atoms with van der Waals surface area (Å²) < 4.78 is 6.95. The van der Waals surface area contributed by atoms with Gasteiger partial charge in [0, 0.05) is 43.5 Å². The van der Waals surface area contributed by atoms with E-state index >= 15 is 0 Å². The first-order chi connectivity index (χ1) is 24.4. The van der Waals surface area contributed by atoms with Crippen LogP contribution < -0.4 is 26.8 Å². The second kappa shape index (κ2) is 15.4. The van der Waals surface area contributed by atoms with Gasteiger partial charge >= 0.3 is 12.1 Å². The summed E-state index contributed by atoms with van der Waals surface area (Å²) in [5.41, 5.74) is -0.722. The number of carbonyl (C=O) groups is 4. The summed E-state index contributed by atoms with van der Waals surface area (Å²) >= 11 is 0. The number of piperidine rings is 2. The maximum atomic E-state index is 14.6. The lowest BCUT2D eigenvalue weighted by Gasteiger charge is -2.30. The molecule has 0 bridgehead atoms. The molecular weight excluding hydrogens is 654 g/mol. The minimum Gasteiger partial charge on any atom is -0.479 e. The van der Waals surface area contributed by atoms with Crippen LogP contribution in [0.5, 0.6) is 0 Å². The topological polar surface area (TPSA) is 184 Å². The molecule has 7 atom stereocenters. The van der Waals surface area contributed by atoms with Gasteiger partial charge in [0.05, 0.1) is 12.2 Å². The molecule has 4 aliphatic heterocycles. The Bertz CT molecular complexity index is 1560. The van der Waals surface area contributed by atoms with E-state index in [2.05, 4.69) is 21.3 Å². The molecule has 4 fully saturated rings. The summed E-state index contributed by atoms with van der Waals surface area (Å²) in [6.07, 6.45) is 12.4. The number of nitrogens with one attached hydrogen (secondary N) is 4. The molecular formula is C37H55N7O7. The zero-order valence-corrected chi connectivity index (χ0v) is 30.2. The Morgan fingerprint density at radius 3 is 2.39 bits per heavy atom. The van der Waals surface area contributed by atoms with E-state index in [4.69, 9.17) is 9.84 Å². The SMILES string of the molecule is CC(C)(C)OC(=O)N[C@H]1CCCCC/C=C\[C@@H]2C[C@@]2(C(=O)O)NC(=O)[C@@H]2C[C@H](n3ncc(C4CCCNC4)c(C4CCCNC4)c3=O)CN2C1=O. The van der Waals surface area contributed by atoms with Crippen molar-refractivity contribution in [3.05, 3.63) is 39.8 Å². The first kappa shape index (κ1) is 37.0. The third-order valence-corrected chi connectivity index (χ3v) is 11.2. The molecule has 51 heavy (non-hydrogen) atoms. The van der Waals surface area contributed by atoms with Gasteiger partial charge in [-0.2, -0.15) is 5.10 Å². The number of hydrogen-bond acceptors (Lipinski definition) is 9. The molecule has 280 valence electrons. The molecule has 0 radical (unpaired) electrons. The molecule has 5 N–H and O–H groups in total. The van der Waals surface area contributed by atoms with Crippen LogP contribution in [0.4, 0.5) is 4.79 Å². The van der Waals surface area contributed by atoms with Crippen LogP contribution in [0.1, 0.15) is 120 Å². The number of aliphatic carboxylic acids is 1. The van der Waals surface area contributed by atoms with Crippen molar-refractivity contribution in [2.45, 2.75) is 133 Å². The third-order valence-electron chi connectivity index (χ3n) is 11.2. The Morgan fingerprint density at radius 2 is 1.73 bits per heavy atom. The Morgan fingerprint density at radius 1 is 1.00 bits per heavy atom. The molecule has 1 saturated carbocycles. The van der Waals surface area contributed by atoms with Gasteiger partial charge in [-0.25, -0.2) is 14.3 Å². The maximum absolute atomic E-state index is 14.6. The number of alkyl carbamates (subject to hydrolysis) is 1. The average molecular weight is 710 g/mol. The van der Waals surface area contributed by atoms with Gasteiger partial charge in [0.25, 0.3) is 5.56 Å². The standard InChI is InChI=1S/C37H55N7O7/c1-36(2,3)51-35(50)41-28-14-8-6-4-5-7-13-25-18-37(25,34(48)49)42-31(45)29-17-26(22-43(29)32(28)46)44-33(47)30(24-12-10-16-39-20-24)27(21-40-44)23-11-9-15-38-19-23/h7,13,21,23-26,28-29,38-39H,4-6,8-12,14-20,22H2,1-3H3,(H,41,50)(H,42,45)(H,48,49)/b13-7-/t23?,24?,25-,26+,28+,29+,37-/m1/s1. The van der Waals surface area contributed by atoms with Crippen LogP contribution in [-0.4, -0.2) is 99.6 Å². The van der Waals surface area contributed by atoms with Crippen LogP contribution in [-0.2, 0) is 19.1 Å². The fourth-order valence-corrected chi connectivity index (χ4v) is 8.41. The fourth-order valence-electron chi connectivity index (χ4n) is 8.41. The highest BCUT2D eigenvalue weighted by atomic mass is 16.6. The highest BCUT2D eigenvalue weighted by molar-refractivity contribution is 5.96. The third kappa shape index (κ3) is 8.32. The molecule has 1 aliphatic carbocycles. The summed E-state index contributed by atoms with van der Waals surface area (Å²) in [5.74, 6) is -2.35. The first-order valence-corrected chi connectivity index (χ1v) is 18.9. The number of nitrogens with zero attached hydrogens (tertiary/aromatic N) is 3. The van der Waals surface area contributed by atoms with Crippen molar-refractivity contribution < 1.29 is 29.0 Å². The van der Waals surface area contributed by atoms with E-state index in [0.29, 0.717) is 19.4 Å². The van der Waals surface area contributed by atoms with Gasteiger partial charge in [0.15, 0.2) is 0 Å². The van der Waals surface area contributed by atoms with Crippen LogP contribution in [0.2, 0.25) is 0 Å². The maximum Gasteiger partial charge on any atom is 0.408 e. The van der Waals surface area contributed by atoms with Crippen LogP contribution in [0, 0.1) is 5.92 Å². The van der Waals surface area contributed by atoms with Crippen molar-refractivity contribution in [1.29, 1.82) is 0 Å². The number of hydrogen-bond donors (Lipinski definition) is 5. The van der Waals surface area contributed by atoms with Crippen molar-refractivity contribution in [3.8, 4) is 0 Å². The summed E-state index contributed by atoms with van der Waals surface area (Å²) in [6.45, 7) is 8.55. The van der Waals surface area contributed by atoms with Gasteiger partial charge in [-0.05, 0) is 96.7 Å². The second-order valence-corrected chi connectivity index (χ2v) is 16.1. The fraction of sp³-hybridized carbons (Fsp3) is 0.730. The Kier molecular flexibility index (Phi) is 11.2. The molecule has 0 spiro atoms. The predicted molar refractivity (Wildman–Crippen MR) is 189 cm³/mol. The normalized spacial score (nSPS) is 32.7. The van der Waals surface area contributed by atoms with Crippen molar-refractivity contribution in [3.63, 3.8) is 0 Å². The zero-order valence-electron chi connectivity index (χ0n) is 30.2. The van der Waals surface area contributed by atoms with Crippen molar-refractivity contribution >= 4 is 23.9 Å². The van der Waals surface area contributed by atoms with E-state index in [0.717, 1.165) is 75.7 Å². The molecule has 0 aromatic carbocycles. The van der Waals surface area contributed by atoms with Crippen LogP contribution in [0.15, 0.2) is 23.1 Å². The number of aromatic nitrogens is 2. The number of carbonyl (C=O) groups excluding carboxylic acids is 3. The summed E-state index contributed by atoms with van der Waals surface area (Å²) in [5, 5.41) is 27.4. The number of carboxylic acid groups (broad SMARTS) is 1. The molecule has 5 aliphatic rings. The largest absolute Gasteiger partial charge is 0.479 e. The van der Waals surface area contributed by atoms with Crippen molar-refractivity contribution in [2.75, 3.05) is 32.7 Å². The molecule has 6 rings (SSSR count). The Labute approximate surface area is 299 Å². The number of allylic oxidation sites excluding steroid dienone is 1. The summed E-state index contributed by atoms with van der Waals surface area (Å²) in [4.78, 5) is 70.1. The quantitative estimate of drug-likeness (QED) is 0.285. The zero-order chi connectivity index (χ0) is 36.3. The number of rotatable bonds is 5. The van der Waals surface area contributed by atoms with Gasteiger partial charge < -0.3 is 36.0 Å². The van der Waals surface area contributed by atoms with Gasteiger partial charge in [0.1, 0.15) is 23.2 Å².